The van der Waals surface area contributed by atoms with E-state index in [1.165, 1.54) is 16.9 Å². The van der Waals surface area contributed by atoms with Gasteiger partial charge in [0.2, 0.25) is 10.0 Å². The first-order valence-corrected chi connectivity index (χ1v) is 13.9. The highest BCUT2D eigenvalue weighted by atomic mass is 32.2. The van der Waals surface area contributed by atoms with Crippen molar-refractivity contribution in [1.82, 2.24) is 33.9 Å². The van der Waals surface area contributed by atoms with Crippen LogP contribution >= 0.6 is 0 Å². The lowest BCUT2D eigenvalue weighted by molar-refractivity contribution is 0.196. The van der Waals surface area contributed by atoms with E-state index >= 15 is 0 Å². The average Bonchev–Trinajstić information content (AvgIpc) is 3.16. The number of H-pyrrole nitrogens is 1. The van der Waals surface area contributed by atoms with Crippen LogP contribution in [-0.4, -0.2) is 75.1 Å². The van der Waals surface area contributed by atoms with Gasteiger partial charge < -0.3 is 9.88 Å². The fourth-order valence-electron chi connectivity index (χ4n) is 5.04. The molecule has 188 valence electrons. The molecular formula is C24H33N7O3S. The molecule has 0 amide bonds. The quantitative estimate of drug-likeness (QED) is 0.528. The largest absolute Gasteiger partial charge is 0.305 e. The number of pyridine rings is 1. The number of aromatic amines is 1. The molecule has 3 aromatic rings. The monoisotopic (exact) mass is 499 g/mol. The molecule has 1 aliphatic carbocycles. The van der Waals surface area contributed by atoms with Crippen LogP contribution in [0, 0.1) is 5.92 Å². The summed E-state index contributed by atoms with van der Waals surface area (Å²) in [4.78, 5) is 27.6. The van der Waals surface area contributed by atoms with E-state index in [0.717, 1.165) is 37.2 Å². The van der Waals surface area contributed by atoms with E-state index < -0.39 is 10.0 Å². The second-order valence-electron chi connectivity index (χ2n) is 9.54. The third kappa shape index (κ3) is 4.41. The van der Waals surface area contributed by atoms with Gasteiger partial charge in [0.1, 0.15) is 16.2 Å². The van der Waals surface area contributed by atoms with Crippen molar-refractivity contribution in [2.24, 2.45) is 13.0 Å². The molecule has 0 aromatic carbocycles. The normalized spacial score (nSPS) is 18.3. The first-order chi connectivity index (χ1) is 16.8. The number of rotatable bonds is 7. The highest BCUT2D eigenvalue weighted by Gasteiger charge is 2.30. The zero-order chi connectivity index (χ0) is 24.7. The lowest BCUT2D eigenvalue weighted by atomic mass is 9.81. The minimum absolute atomic E-state index is 0.138. The van der Waals surface area contributed by atoms with Crippen LogP contribution in [-0.2, 0) is 29.9 Å². The van der Waals surface area contributed by atoms with Gasteiger partial charge in [-0.25, -0.2) is 13.4 Å². The van der Waals surface area contributed by atoms with Gasteiger partial charge in [-0.15, -0.1) is 0 Å². The minimum atomic E-state index is -3.71. The zero-order valence-electron chi connectivity index (χ0n) is 20.6. The van der Waals surface area contributed by atoms with Gasteiger partial charge in [0.05, 0.1) is 11.4 Å². The number of fused-ring (bicyclic) bond motifs is 1. The molecule has 0 spiro atoms. The first-order valence-electron chi connectivity index (χ1n) is 12.5. The van der Waals surface area contributed by atoms with Crippen LogP contribution in [0.1, 0.15) is 44.5 Å². The van der Waals surface area contributed by atoms with E-state index in [2.05, 4.69) is 26.9 Å². The van der Waals surface area contributed by atoms with E-state index in [1.807, 2.05) is 6.92 Å². The fraction of sp³-hybridized carbons (Fsp3) is 0.583. The highest BCUT2D eigenvalue weighted by molar-refractivity contribution is 7.89. The second-order valence-corrected chi connectivity index (χ2v) is 11.5. The molecule has 1 N–H and O–H groups in total. The summed E-state index contributed by atoms with van der Waals surface area (Å²) >= 11 is 0. The molecule has 3 aromatic heterocycles. The predicted molar refractivity (Wildman–Crippen MR) is 134 cm³/mol. The Bertz CT molecular complexity index is 1400. The lowest BCUT2D eigenvalue weighted by Gasteiger charge is -2.33. The van der Waals surface area contributed by atoms with Crippen molar-refractivity contribution in [2.45, 2.75) is 50.8 Å². The van der Waals surface area contributed by atoms with Gasteiger partial charge in [-0.1, -0.05) is 33.1 Å². The van der Waals surface area contributed by atoms with Crippen molar-refractivity contribution in [3.63, 3.8) is 0 Å². The van der Waals surface area contributed by atoms with Crippen molar-refractivity contribution >= 4 is 21.1 Å². The molecule has 2 fully saturated rings. The van der Waals surface area contributed by atoms with E-state index in [9.17, 15) is 13.2 Å². The van der Waals surface area contributed by atoms with Crippen molar-refractivity contribution in [3.8, 4) is 11.4 Å². The number of sulfonamides is 1. The topological polar surface area (TPSA) is 117 Å². The SMILES string of the molecule is CCc1c2nc(-c3cc(S(=O)(=O)N4CCN(CC)CC4)cnc3CC3CCC3)[nH]c(=O)c2nn1C. The van der Waals surface area contributed by atoms with Crippen molar-refractivity contribution < 1.29 is 8.42 Å². The number of nitrogens with zero attached hydrogens (tertiary/aromatic N) is 6. The molecule has 0 bridgehead atoms. The van der Waals surface area contributed by atoms with Crippen LogP contribution in [0.3, 0.4) is 0 Å². The minimum Gasteiger partial charge on any atom is -0.305 e. The van der Waals surface area contributed by atoms with Crippen LogP contribution in [0.5, 0.6) is 0 Å². The maximum absolute atomic E-state index is 13.5. The Balaban J connectivity index is 1.60. The molecule has 0 radical (unpaired) electrons. The van der Waals surface area contributed by atoms with Crippen LogP contribution in [0.15, 0.2) is 22.0 Å². The van der Waals surface area contributed by atoms with E-state index in [1.54, 1.807) is 17.8 Å². The molecule has 11 heteroatoms. The number of aromatic nitrogens is 5. The lowest BCUT2D eigenvalue weighted by Crippen LogP contribution is -2.48. The van der Waals surface area contributed by atoms with Gasteiger partial charge >= 0.3 is 0 Å². The Morgan fingerprint density at radius 1 is 1.11 bits per heavy atom. The molecule has 2 aliphatic rings. The molecule has 5 rings (SSSR count). The number of hydrogen-bond acceptors (Lipinski definition) is 7. The average molecular weight is 500 g/mol. The van der Waals surface area contributed by atoms with Crippen LogP contribution in [0.25, 0.3) is 22.4 Å². The van der Waals surface area contributed by atoms with E-state index in [4.69, 9.17) is 4.98 Å². The van der Waals surface area contributed by atoms with Crippen LogP contribution < -0.4 is 5.56 Å². The maximum atomic E-state index is 13.5. The predicted octanol–water partition coefficient (Wildman–Crippen LogP) is 1.95. The maximum Gasteiger partial charge on any atom is 0.279 e. The Hall–Kier alpha value is -2.63. The molecule has 4 heterocycles. The summed E-state index contributed by atoms with van der Waals surface area (Å²) in [6.45, 7) is 7.30. The van der Waals surface area contributed by atoms with Gasteiger partial charge in [0.15, 0.2) is 5.52 Å². The molecule has 35 heavy (non-hydrogen) atoms. The molecule has 1 saturated heterocycles. The van der Waals surface area contributed by atoms with Gasteiger partial charge in [0.25, 0.3) is 5.56 Å². The van der Waals surface area contributed by atoms with Gasteiger partial charge in [-0.2, -0.15) is 9.40 Å². The van der Waals surface area contributed by atoms with Gasteiger partial charge in [-0.05, 0) is 31.4 Å². The summed E-state index contributed by atoms with van der Waals surface area (Å²) in [5, 5.41) is 4.33. The molecule has 0 unspecified atom stereocenters. The fourth-order valence-corrected chi connectivity index (χ4v) is 6.43. The molecule has 0 atom stereocenters. The summed E-state index contributed by atoms with van der Waals surface area (Å²) in [5.74, 6) is 0.866. The smallest absolute Gasteiger partial charge is 0.279 e. The van der Waals surface area contributed by atoms with E-state index in [-0.39, 0.29) is 10.5 Å². The van der Waals surface area contributed by atoms with Crippen molar-refractivity contribution in [3.05, 3.63) is 34.0 Å². The summed E-state index contributed by atoms with van der Waals surface area (Å²) in [7, 11) is -1.91. The highest BCUT2D eigenvalue weighted by Crippen LogP contribution is 2.33. The van der Waals surface area contributed by atoms with Gasteiger partial charge in [0, 0.05) is 45.0 Å². The second kappa shape index (κ2) is 9.44. The van der Waals surface area contributed by atoms with Gasteiger partial charge in [-0.3, -0.25) is 14.5 Å². The molecule has 10 nitrogen and oxygen atoms in total. The Labute approximate surface area is 205 Å². The Morgan fingerprint density at radius 2 is 1.86 bits per heavy atom. The molecule has 1 saturated carbocycles. The zero-order valence-corrected chi connectivity index (χ0v) is 21.4. The molecular weight excluding hydrogens is 466 g/mol. The van der Waals surface area contributed by atoms with E-state index in [0.29, 0.717) is 60.9 Å². The van der Waals surface area contributed by atoms with Crippen molar-refractivity contribution in [2.75, 3.05) is 32.7 Å². The van der Waals surface area contributed by atoms with Crippen molar-refractivity contribution in [1.29, 1.82) is 0 Å². The Kier molecular flexibility index (Phi) is 6.49. The summed E-state index contributed by atoms with van der Waals surface area (Å²) in [6.07, 6.45) is 6.35. The number of aryl methyl sites for hydroxylation is 2. The number of hydrogen-bond donors (Lipinski definition) is 1. The number of likely N-dealkylation sites (N-methyl/N-ethyl adjacent to an activating group) is 1. The number of nitrogens with one attached hydrogen (secondary N) is 1. The van der Waals surface area contributed by atoms with Crippen LogP contribution in [0.2, 0.25) is 0 Å². The molecule has 1 aliphatic heterocycles. The van der Waals surface area contributed by atoms with Crippen LogP contribution in [0.4, 0.5) is 0 Å². The Morgan fingerprint density at radius 3 is 2.49 bits per heavy atom. The summed E-state index contributed by atoms with van der Waals surface area (Å²) in [5.41, 5.74) is 2.72. The third-order valence-electron chi connectivity index (χ3n) is 7.47. The number of piperazine rings is 1. The standard InChI is InChI=1S/C24H33N7O3S/c1-4-20-21-22(28-29(20)3)24(32)27-23(26-21)18-14-17(15-25-19(18)13-16-7-6-8-16)35(33,34)31-11-9-30(5-2)10-12-31/h14-16H,4-13H2,1-3H3,(H,26,27,32). The first kappa shape index (κ1) is 24.1. The third-order valence-corrected chi connectivity index (χ3v) is 9.33. The summed E-state index contributed by atoms with van der Waals surface area (Å²) < 4.78 is 30.2. The summed E-state index contributed by atoms with van der Waals surface area (Å²) in [6, 6.07) is 1.65.